The van der Waals surface area contributed by atoms with Crippen LogP contribution in [0.5, 0.6) is 5.75 Å². The third kappa shape index (κ3) is 3.72. The first-order valence-corrected chi connectivity index (χ1v) is 7.04. The summed E-state index contributed by atoms with van der Waals surface area (Å²) in [6, 6.07) is 5.33. The van der Waals surface area contributed by atoms with Gasteiger partial charge in [0.1, 0.15) is 11.6 Å². The molecule has 21 heavy (non-hydrogen) atoms. The van der Waals surface area contributed by atoms with Crippen molar-refractivity contribution in [1.29, 1.82) is 0 Å². The minimum atomic E-state index is -0.351. The highest BCUT2D eigenvalue weighted by Gasteiger charge is 2.14. The number of carbonyl (C=O) groups is 1. The minimum absolute atomic E-state index is 0.129. The Morgan fingerprint density at radius 3 is 3.00 bits per heavy atom. The van der Waals surface area contributed by atoms with Gasteiger partial charge in [-0.05, 0) is 18.6 Å². The van der Waals surface area contributed by atoms with Crippen molar-refractivity contribution in [2.45, 2.75) is 26.3 Å². The third-order valence-corrected chi connectivity index (χ3v) is 3.30. The van der Waals surface area contributed by atoms with Gasteiger partial charge in [-0.3, -0.25) is 9.89 Å². The van der Waals surface area contributed by atoms with Crippen LogP contribution in [-0.4, -0.2) is 28.2 Å². The number of ether oxygens (including phenoxy) is 1. The molecule has 1 heterocycles. The summed E-state index contributed by atoms with van der Waals surface area (Å²) in [4.78, 5) is 16.1. The van der Waals surface area contributed by atoms with Gasteiger partial charge in [0.05, 0.1) is 7.11 Å². The third-order valence-electron chi connectivity index (χ3n) is 2.94. The van der Waals surface area contributed by atoms with Crippen molar-refractivity contribution in [1.82, 2.24) is 20.5 Å². The van der Waals surface area contributed by atoms with Crippen LogP contribution in [-0.2, 0) is 13.0 Å². The topological polar surface area (TPSA) is 79.9 Å². The zero-order valence-electron chi connectivity index (χ0n) is 11.9. The van der Waals surface area contributed by atoms with Crippen LogP contribution in [0.3, 0.4) is 0 Å². The highest BCUT2D eigenvalue weighted by Crippen LogP contribution is 2.25. The highest BCUT2D eigenvalue weighted by atomic mass is 35.5. The van der Waals surface area contributed by atoms with Crippen LogP contribution in [0, 0.1) is 0 Å². The predicted molar refractivity (Wildman–Crippen MR) is 79.6 cm³/mol. The number of nitrogens with zero attached hydrogens (tertiary/aromatic N) is 2. The van der Waals surface area contributed by atoms with Gasteiger partial charge in [-0.1, -0.05) is 24.6 Å². The summed E-state index contributed by atoms with van der Waals surface area (Å²) < 4.78 is 5.23. The van der Waals surface area contributed by atoms with Gasteiger partial charge in [-0.25, -0.2) is 4.98 Å². The summed E-state index contributed by atoms with van der Waals surface area (Å²) in [5, 5.41) is 9.92. The molecule has 1 aromatic heterocycles. The SMILES string of the molecule is CCCc1nc(C(=O)NCc2c(Cl)cccc2OC)n[nH]1. The maximum absolute atomic E-state index is 12.0. The molecule has 1 amide bonds. The van der Waals surface area contributed by atoms with Gasteiger partial charge in [0.25, 0.3) is 5.91 Å². The second-order valence-electron chi connectivity index (χ2n) is 4.46. The minimum Gasteiger partial charge on any atom is -0.496 e. The molecule has 0 saturated carbocycles. The van der Waals surface area contributed by atoms with Crippen molar-refractivity contribution in [3.8, 4) is 5.75 Å². The van der Waals surface area contributed by atoms with Crippen molar-refractivity contribution in [2.24, 2.45) is 0 Å². The molecule has 112 valence electrons. The van der Waals surface area contributed by atoms with Gasteiger partial charge >= 0.3 is 0 Å². The molecule has 2 aromatic rings. The summed E-state index contributed by atoms with van der Waals surface area (Å²) in [7, 11) is 1.56. The number of rotatable bonds is 6. The average molecular weight is 309 g/mol. The van der Waals surface area contributed by atoms with Crippen LogP contribution < -0.4 is 10.1 Å². The van der Waals surface area contributed by atoms with E-state index in [9.17, 15) is 4.79 Å². The Hall–Kier alpha value is -2.08. The molecule has 0 aliphatic rings. The Labute approximate surface area is 127 Å². The number of aromatic nitrogens is 3. The smallest absolute Gasteiger partial charge is 0.291 e. The number of nitrogens with one attached hydrogen (secondary N) is 2. The van der Waals surface area contributed by atoms with E-state index in [4.69, 9.17) is 16.3 Å². The van der Waals surface area contributed by atoms with Gasteiger partial charge < -0.3 is 10.1 Å². The van der Waals surface area contributed by atoms with E-state index >= 15 is 0 Å². The molecule has 0 radical (unpaired) electrons. The monoisotopic (exact) mass is 308 g/mol. The number of carbonyl (C=O) groups excluding carboxylic acids is 1. The second kappa shape index (κ2) is 7.08. The van der Waals surface area contributed by atoms with Crippen molar-refractivity contribution >= 4 is 17.5 Å². The molecule has 0 aliphatic heterocycles. The molecule has 0 fully saturated rings. The fraction of sp³-hybridized carbons (Fsp3) is 0.357. The van der Waals surface area contributed by atoms with Crippen LogP contribution in [0.15, 0.2) is 18.2 Å². The lowest BCUT2D eigenvalue weighted by atomic mass is 10.2. The Morgan fingerprint density at radius 2 is 2.29 bits per heavy atom. The van der Waals surface area contributed by atoms with Crippen LogP contribution >= 0.6 is 11.6 Å². The quantitative estimate of drug-likeness (QED) is 0.858. The first-order valence-electron chi connectivity index (χ1n) is 6.66. The number of hydrogen-bond acceptors (Lipinski definition) is 4. The van der Waals surface area contributed by atoms with Crippen molar-refractivity contribution in [3.63, 3.8) is 0 Å². The Bertz CT molecular complexity index is 627. The zero-order chi connectivity index (χ0) is 15.2. The van der Waals surface area contributed by atoms with Gasteiger partial charge in [-0.2, -0.15) is 0 Å². The lowest BCUT2D eigenvalue weighted by molar-refractivity contribution is 0.0940. The van der Waals surface area contributed by atoms with E-state index in [1.807, 2.05) is 6.92 Å². The lowest BCUT2D eigenvalue weighted by Crippen LogP contribution is -2.24. The predicted octanol–water partition coefficient (Wildman–Crippen LogP) is 2.35. The molecule has 2 N–H and O–H groups in total. The number of aryl methyl sites for hydroxylation is 1. The number of aromatic amines is 1. The molecule has 6 nitrogen and oxygen atoms in total. The number of methoxy groups -OCH3 is 1. The molecular weight excluding hydrogens is 292 g/mol. The number of H-pyrrole nitrogens is 1. The van der Waals surface area contributed by atoms with E-state index in [0.29, 0.717) is 16.6 Å². The maximum Gasteiger partial charge on any atom is 0.291 e. The van der Waals surface area contributed by atoms with Crippen molar-refractivity contribution < 1.29 is 9.53 Å². The summed E-state index contributed by atoms with van der Waals surface area (Å²) >= 11 is 6.11. The van der Waals surface area contributed by atoms with Crippen molar-refractivity contribution in [3.05, 3.63) is 40.4 Å². The molecule has 0 bridgehead atoms. The summed E-state index contributed by atoms with van der Waals surface area (Å²) in [5.74, 6) is 1.11. The molecule has 0 spiro atoms. The van der Waals surface area contributed by atoms with E-state index in [1.54, 1.807) is 25.3 Å². The van der Waals surface area contributed by atoms with E-state index < -0.39 is 0 Å². The second-order valence-corrected chi connectivity index (χ2v) is 4.87. The summed E-state index contributed by atoms with van der Waals surface area (Å²) in [5.41, 5.74) is 0.722. The fourth-order valence-corrected chi connectivity index (χ4v) is 2.13. The number of halogens is 1. The largest absolute Gasteiger partial charge is 0.496 e. The van der Waals surface area contributed by atoms with E-state index in [1.165, 1.54) is 0 Å². The molecule has 0 atom stereocenters. The van der Waals surface area contributed by atoms with Crippen LogP contribution in [0.1, 0.15) is 35.4 Å². The van der Waals surface area contributed by atoms with Gasteiger partial charge in [0.15, 0.2) is 0 Å². The normalized spacial score (nSPS) is 10.4. The molecule has 0 aliphatic carbocycles. The average Bonchev–Trinajstić information content (AvgIpc) is 2.94. The zero-order valence-corrected chi connectivity index (χ0v) is 12.7. The van der Waals surface area contributed by atoms with E-state index in [0.717, 1.165) is 18.4 Å². The van der Waals surface area contributed by atoms with Crippen LogP contribution in [0.4, 0.5) is 0 Å². The molecule has 7 heteroatoms. The van der Waals surface area contributed by atoms with Gasteiger partial charge in [0.2, 0.25) is 5.82 Å². The first kappa shape index (κ1) is 15.3. The lowest BCUT2D eigenvalue weighted by Gasteiger charge is -2.10. The molecule has 1 aromatic carbocycles. The Balaban J connectivity index is 2.04. The number of amides is 1. The Morgan fingerprint density at radius 1 is 1.48 bits per heavy atom. The standard InChI is InChI=1S/C14H17ClN4O2/c1-3-5-12-17-13(19-18-12)14(20)16-8-9-10(15)6-4-7-11(9)21-2/h4,6-7H,3,5,8H2,1-2H3,(H,16,20)(H,17,18,19). The summed E-state index contributed by atoms with van der Waals surface area (Å²) in [6.45, 7) is 2.28. The highest BCUT2D eigenvalue weighted by molar-refractivity contribution is 6.31. The van der Waals surface area contributed by atoms with Gasteiger partial charge in [0, 0.05) is 23.6 Å². The van der Waals surface area contributed by atoms with E-state index in [-0.39, 0.29) is 18.3 Å². The summed E-state index contributed by atoms with van der Waals surface area (Å²) in [6.07, 6.45) is 1.70. The molecule has 0 unspecified atom stereocenters. The van der Waals surface area contributed by atoms with Crippen LogP contribution in [0.2, 0.25) is 5.02 Å². The molecule has 2 rings (SSSR count). The van der Waals surface area contributed by atoms with Crippen molar-refractivity contribution in [2.75, 3.05) is 7.11 Å². The Kier molecular flexibility index (Phi) is 5.16. The van der Waals surface area contributed by atoms with E-state index in [2.05, 4.69) is 20.5 Å². The fourth-order valence-electron chi connectivity index (χ4n) is 1.89. The van der Waals surface area contributed by atoms with Gasteiger partial charge in [-0.15, -0.1) is 5.10 Å². The first-order chi connectivity index (χ1) is 10.2. The number of hydrogen-bond donors (Lipinski definition) is 2. The maximum atomic E-state index is 12.0. The van der Waals surface area contributed by atoms with Crippen LogP contribution in [0.25, 0.3) is 0 Å². The molecule has 0 saturated heterocycles. The number of benzene rings is 1. The molecular formula is C14H17ClN4O2.